The number of hydrogen-bond donors (Lipinski definition) is 0. The maximum atomic E-state index is 11.9. The van der Waals surface area contributed by atoms with Crippen molar-refractivity contribution >= 4 is 11.9 Å². The van der Waals surface area contributed by atoms with Gasteiger partial charge >= 0.3 is 11.9 Å². The minimum atomic E-state index is -0.500. The van der Waals surface area contributed by atoms with E-state index in [0.29, 0.717) is 11.8 Å². The third kappa shape index (κ3) is 3.84. The second-order valence-corrected chi connectivity index (χ2v) is 6.29. The number of carbonyl (C=O) groups is 2. The average Bonchev–Trinajstić information content (AvgIpc) is 2.37. The van der Waals surface area contributed by atoms with Gasteiger partial charge in [0.25, 0.3) is 0 Å². The van der Waals surface area contributed by atoms with Crippen LogP contribution >= 0.6 is 0 Å². The second-order valence-electron chi connectivity index (χ2n) is 6.29. The van der Waals surface area contributed by atoms with Gasteiger partial charge in [0.1, 0.15) is 12.2 Å². The van der Waals surface area contributed by atoms with Crippen LogP contribution in [0.15, 0.2) is 12.7 Å². The van der Waals surface area contributed by atoms with Crippen LogP contribution in [0.3, 0.4) is 0 Å². The van der Waals surface area contributed by atoms with Crippen LogP contribution in [-0.2, 0) is 19.1 Å². The summed E-state index contributed by atoms with van der Waals surface area (Å²) in [7, 11) is 0. The zero-order chi connectivity index (χ0) is 14.6. The van der Waals surface area contributed by atoms with Gasteiger partial charge < -0.3 is 9.47 Å². The first kappa shape index (κ1) is 15.1. The first-order valence-corrected chi connectivity index (χ1v) is 7.54. The lowest BCUT2D eigenvalue weighted by Gasteiger charge is -2.46. The highest BCUT2D eigenvalue weighted by Gasteiger charge is 2.44. The van der Waals surface area contributed by atoms with Gasteiger partial charge in [-0.25, -0.2) is 4.79 Å². The Morgan fingerprint density at radius 2 is 2.20 bits per heavy atom. The largest absolute Gasteiger partial charge is 0.462 e. The topological polar surface area (TPSA) is 52.6 Å². The monoisotopic (exact) mass is 280 g/mol. The quantitative estimate of drug-likeness (QED) is 0.574. The van der Waals surface area contributed by atoms with E-state index < -0.39 is 5.97 Å². The minimum Gasteiger partial charge on any atom is -0.462 e. The van der Waals surface area contributed by atoms with E-state index in [1.54, 1.807) is 0 Å². The summed E-state index contributed by atoms with van der Waals surface area (Å²) >= 11 is 0. The van der Waals surface area contributed by atoms with E-state index in [4.69, 9.17) is 9.47 Å². The van der Waals surface area contributed by atoms with Gasteiger partial charge in [-0.05, 0) is 43.9 Å². The van der Waals surface area contributed by atoms with Crippen molar-refractivity contribution in [2.45, 2.75) is 57.5 Å². The second kappa shape index (κ2) is 6.42. The molecule has 20 heavy (non-hydrogen) atoms. The zero-order valence-corrected chi connectivity index (χ0v) is 12.2. The van der Waals surface area contributed by atoms with Gasteiger partial charge in [0.2, 0.25) is 0 Å². The van der Waals surface area contributed by atoms with Crippen molar-refractivity contribution in [1.29, 1.82) is 0 Å². The van der Waals surface area contributed by atoms with Crippen LogP contribution in [0, 0.1) is 11.8 Å². The first-order chi connectivity index (χ1) is 9.53. The standard InChI is InChI=1S/C16H24O4/c1-3-14(17)19-8-6-15(18)20-16-7-4-5-13(11-16)9-12(2)10-16/h3,12-13H,1,4-11H2,2H3. The normalized spacial score (nSPS) is 32.2. The molecule has 0 aliphatic heterocycles. The van der Waals surface area contributed by atoms with Crippen molar-refractivity contribution < 1.29 is 19.1 Å². The molecule has 2 saturated carbocycles. The highest BCUT2D eigenvalue weighted by molar-refractivity contribution is 5.81. The Kier molecular flexibility index (Phi) is 4.84. The summed E-state index contributed by atoms with van der Waals surface area (Å²) in [5.41, 5.74) is -0.250. The maximum Gasteiger partial charge on any atom is 0.330 e. The number of carbonyl (C=O) groups excluding carboxylic acids is 2. The van der Waals surface area contributed by atoms with Crippen LogP contribution in [0.2, 0.25) is 0 Å². The summed E-state index contributed by atoms with van der Waals surface area (Å²) in [5, 5.41) is 0. The Bertz CT molecular complexity index is 386. The third-order valence-corrected chi connectivity index (χ3v) is 4.41. The number of rotatable bonds is 5. The molecular formula is C16H24O4. The highest BCUT2D eigenvalue weighted by atomic mass is 16.6. The molecule has 2 bridgehead atoms. The lowest BCUT2D eigenvalue weighted by atomic mass is 9.65. The molecule has 2 fully saturated rings. The van der Waals surface area contributed by atoms with Gasteiger partial charge in [-0.1, -0.05) is 19.9 Å². The molecular weight excluding hydrogens is 256 g/mol. The lowest BCUT2D eigenvalue weighted by Crippen LogP contribution is -2.45. The summed E-state index contributed by atoms with van der Waals surface area (Å²) in [6.07, 6.45) is 7.86. The molecule has 0 aromatic heterocycles. The first-order valence-electron chi connectivity index (χ1n) is 7.54. The molecule has 4 heteroatoms. The molecule has 3 unspecified atom stereocenters. The van der Waals surface area contributed by atoms with Gasteiger partial charge in [-0.3, -0.25) is 4.79 Å². The predicted molar refractivity (Wildman–Crippen MR) is 75.0 cm³/mol. The third-order valence-electron chi connectivity index (χ3n) is 4.41. The summed E-state index contributed by atoms with van der Waals surface area (Å²) < 4.78 is 10.6. The summed E-state index contributed by atoms with van der Waals surface area (Å²) in [4.78, 5) is 22.8. The molecule has 0 heterocycles. The van der Waals surface area contributed by atoms with Gasteiger partial charge in [0, 0.05) is 6.08 Å². The molecule has 0 radical (unpaired) electrons. The molecule has 0 saturated heterocycles. The Morgan fingerprint density at radius 1 is 1.40 bits per heavy atom. The fraction of sp³-hybridized carbons (Fsp3) is 0.750. The van der Waals surface area contributed by atoms with E-state index in [1.807, 2.05) is 0 Å². The fourth-order valence-corrected chi connectivity index (χ4v) is 3.84. The van der Waals surface area contributed by atoms with Gasteiger partial charge in [0.05, 0.1) is 6.42 Å². The molecule has 112 valence electrons. The maximum absolute atomic E-state index is 11.9. The Hall–Kier alpha value is -1.32. The molecule has 0 amide bonds. The Labute approximate surface area is 120 Å². The van der Waals surface area contributed by atoms with Crippen molar-refractivity contribution in [3.8, 4) is 0 Å². The molecule has 0 N–H and O–H groups in total. The number of fused-ring (bicyclic) bond motifs is 2. The van der Waals surface area contributed by atoms with E-state index in [1.165, 1.54) is 12.8 Å². The number of ether oxygens (including phenoxy) is 2. The van der Waals surface area contributed by atoms with Crippen LogP contribution in [0.5, 0.6) is 0 Å². The van der Waals surface area contributed by atoms with Crippen LogP contribution in [0.4, 0.5) is 0 Å². The molecule has 0 aromatic carbocycles. The van der Waals surface area contributed by atoms with Crippen molar-refractivity contribution in [3.63, 3.8) is 0 Å². The summed E-state index contributed by atoms with van der Waals surface area (Å²) in [5.74, 6) is 0.580. The van der Waals surface area contributed by atoms with Crippen LogP contribution in [-0.4, -0.2) is 24.1 Å². The van der Waals surface area contributed by atoms with Gasteiger partial charge in [-0.2, -0.15) is 0 Å². The van der Waals surface area contributed by atoms with E-state index in [2.05, 4.69) is 13.5 Å². The molecule has 2 aliphatic rings. The van der Waals surface area contributed by atoms with Crippen LogP contribution in [0.25, 0.3) is 0 Å². The molecule has 0 aromatic rings. The summed E-state index contributed by atoms with van der Waals surface area (Å²) in [6, 6.07) is 0. The number of hydrogen-bond acceptors (Lipinski definition) is 4. The van der Waals surface area contributed by atoms with E-state index in [0.717, 1.165) is 31.8 Å². The zero-order valence-electron chi connectivity index (χ0n) is 12.2. The van der Waals surface area contributed by atoms with Gasteiger partial charge in [0.15, 0.2) is 0 Å². The van der Waals surface area contributed by atoms with Crippen molar-refractivity contribution in [2.75, 3.05) is 6.61 Å². The molecule has 2 rings (SSSR count). The highest BCUT2D eigenvalue weighted by Crippen LogP contribution is 2.47. The predicted octanol–water partition coefficient (Wildman–Crippen LogP) is 3.01. The van der Waals surface area contributed by atoms with Gasteiger partial charge in [-0.15, -0.1) is 0 Å². The average molecular weight is 280 g/mol. The van der Waals surface area contributed by atoms with Crippen LogP contribution < -0.4 is 0 Å². The lowest BCUT2D eigenvalue weighted by molar-refractivity contribution is -0.173. The van der Waals surface area contributed by atoms with Crippen molar-refractivity contribution in [2.24, 2.45) is 11.8 Å². The van der Waals surface area contributed by atoms with E-state index in [-0.39, 0.29) is 24.6 Å². The molecule has 4 nitrogen and oxygen atoms in total. The Morgan fingerprint density at radius 3 is 2.95 bits per heavy atom. The summed E-state index contributed by atoms with van der Waals surface area (Å²) in [6.45, 7) is 5.62. The molecule has 2 aliphatic carbocycles. The molecule has 0 spiro atoms. The van der Waals surface area contributed by atoms with Crippen molar-refractivity contribution in [1.82, 2.24) is 0 Å². The van der Waals surface area contributed by atoms with Crippen molar-refractivity contribution in [3.05, 3.63) is 12.7 Å². The van der Waals surface area contributed by atoms with Crippen LogP contribution in [0.1, 0.15) is 51.9 Å². The Balaban J connectivity index is 1.83. The molecule has 3 atom stereocenters. The van der Waals surface area contributed by atoms with E-state index in [9.17, 15) is 9.59 Å². The SMILES string of the molecule is C=CC(=O)OCCC(=O)OC12CCCC(CC(C)C1)C2. The fourth-order valence-electron chi connectivity index (χ4n) is 3.84. The van der Waals surface area contributed by atoms with E-state index >= 15 is 0 Å². The minimum absolute atomic E-state index is 0.0682. The smallest absolute Gasteiger partial charge is 0.330 e. The number of esters is 2.